The van der Waals surface area contributed by atoms with Gasteiger partial charge >= 0.3 is 0 Å². The summed E-state index contributed by atoms with van der Waals surface area (Å²) in [5.41, 5.74) is 15.8. The molecule has 0 spiro atoms. The number of nitrogens with zero attached hydrogens (tertiary/aromatic N) is 1. The van der Waals surface area contributed by atoms with E-state index in [4.69, 9.17) is 4.74 Å². The van der Waals surface area contributed by atoms with E-state index < -0.39 is 0 Å². The Hall–Kier alpha value is -6.38. The second-order valence-electron chi connectivity index (χ2n) is 14.1. The molecule has 8 aromatic carbocycles. The smallest absolute Gasteiger partial charge is 0.135 e. The Morgan fingerprint density at radius 3 is 1.78 bits per heavy atom. The van der Waals surface area contributed by atoms with Gasteiger partial charge in [0.25, 0.3) is 0 Å². The Morgan fingerprint density at radius 1 is 0.392 bits per heavy atom. The molecular weight excluding hydrogens is 619 g/mol. The first-order valence-electron chi connectivity index (χ1n) is 17.7. The van der Waals surface area contributed by atoms with Crippen LogP contribution in [0.4, 0.5) is 17.1 Å². The molecule has 1 aliphatic carbocycles. The van der Waals surface area contributed by atoms with Crippen LogP contribution in [0.25, 0.3) is 55.3 Å². The van der Waals surface area contributed by atoms with Crippen LogP contribution in [0.2, 0.25) is 0 Å². The third-order valence-corrected chi connectivity index (χ3v) is 10.9. The Kier molecular flexibility index (Phi) is 6.56. The van der Waals surface area contributed by atoms with Gasteiger partial charge in [-0.1, -0.05) is 141 Å². The molecule has 0 radical (unpaired) electrons. The van der Waals surface area contributed by atoms with Crippen LogP contribution in [0.1, 0.15) is 25.0 Å². The van der Waals surface area contributed by atoms with Crippen LogP contribution in [0.15, 0.2) is 176 Å². The number of hydrogen-bond donors (Lipinski definition) is 0. The lowest BCUT2D eigenvalue weighted by Crippen LogP contribution is -2.15. The highest BCUT2D eigenvalue weighted by molar-refractivity contribution is 6.10. The van der Waals surface area contributed by atoms with Gasteiger partial charge < -0.3 is 9.64 Å². The van der Waals surface area contributed by atoms with Crippen molar-refractivity contribution < 1.29 is 4.74 Å². The third kappa shape index (κ3) is 4.64. The van der Waals surface area contributed by atoms with E-state index in [1.54, 1.807) is 0 Å². The zero-order valence-corrected chi connectivity index (χ0v) is 28.6. The number of anilines is 3. The lowest BCUT2D eigenvalue weighted by molar-refractivity contribution is 0.487. The van der Waals surface area contributed by atoms with Crippen molar-refractivity contribution in [3.63, 3.8) is 0 Å². The maximum absolute atomic E-state index is 6.39. The highest BCUT2D eigenvalue weighted by Crippen LogP contribution is 2.51. The van der Waals surface area contributed by atoms with Crippen LogP contribution in [-0.4, -0.2) is 0 Å². The van der Waals surface area contributed by atoms with Crippen LogP contribution in [0, 0.1) is 0 Å². The average Bonchev–Trinajstić information content (AvgIpc) is 3.41. The van der Waals surface area contributed by atoms with E-state index in [2.05, 4.69) is 183 Å². The molecule has 0 aromatic heterocycles. The van der Waals surface area contributed by atoms with Crippen molar-refractivity contribution in [2.75, 3.05) is 4.90 Å². The van der Waals surface area contributed by atoms with Gasteiger partial charge in [-0.3, -0.25) is 0 Å². The first-order chi connectivity index (χ1) is 25.0. The minimum Gasteiger partial charge on any atom is -0.456 e. The molecule has 2 heteroatoms. The van der Waals surface area contributed by atoms with Gasteiger partial charge in [-0.2, -0.15) is 0 Å². The minimum atomic E-state index is -0.0416. The summed E-state index contributed by atoms with van der Waals surface area (Å²) >= 11 is 0. The van der Waals surface area contributed by atoms with Crippen molar-refractivity contribution in [1.82, 2.24) is 0 Å². The summed E-state index contributed by atoms with van der Waals surface area (Å²) < 4.78 is 6.39. The van der Waals surface area contributed by atoms with Crippen LogP contribution >= 0.6 is 0 Å². The molecule has 0 atom stereocenters. The van der Waals surface area contributed by atoms with Gasteiger partial charge in [0.2, 0.25) is 0 Å². The Balaban J connectivity index is 1.09. The Bertz CT molecular complexity index is 2620. The molecule has 0 bridgehead atoms. The molecule has 0 fully saturated rings. The van der Waals surface area contributed by atoms with Crippen molar-refractivity contribution in [3.05, 3.63) is 187 Å². The summed E-state index contributed by atoms with van der Waals surface area (Å²) in [6.07, 6.45) is 0. The number of hydrogen-bond acceptors (Lipinski definition) is 2. The summed E-state index contributed by atoms with van der Waals surface area (Å²) in [6, 6.07) is 63.6. The minimum absolute atomic E-state index is 0.0416. The highest BCUT2D eigenvalue weighted by atomic mass is 16.5. The Morgan fingerprint density at radius 2 is 1.00 bits per heavy atom. The quantitative estimate of drug-likeness (QED) is 0.183. The van der Waals surface area contributed by atoms with E-state index in [9.17, 15) is 0 Å². The molecular formula is C49H35NO. The zero-order valence-electron chi connectivity index (χ0n) is 28.6. The second-order valence-corrected chi connectivity index (χ2v) is 14.1. The van der Waals surface area contributed by atoms with Crippen LogP contribution in [-0.2, 0) is 5.41 Å². The van der Waals surface area contributed by atoms with Crippen LogP contribution in [0.3, 0.4) is 0 Å². The molecule has 2 nitrogen and oxygen atoms in total. The molecule has 242 valence electrons. The molecule has 51 heavy (non-hydrogen) atoms. The second kappa shape index (κ2) is 11.3. The number of fused-ring (bicyclic) bond motifs is 5. The predicted molar refractivity (Wildman–Crippen MR) is 213 cm³/mol. The fraction of sp³-hybridized carbons (Fsp3) is 0.0612. The SMILES string of the molecule is CC1(C)c2ccccc2-c2cc(N(c3ccc(-c4ccccc4)cc3)c3ccc(-c4ccc5c6c(cccc46)-c4ccccc4O5)cc3)ccc21. The first kappa shape index (κ1) is 29.5. The first-order valence-corrected chi connectivity index (χ1v) is 17.7. The zero-order chi connectivity index (χ0) is 34.1. The molecule has 1 aliphatic heterocycles. The maximum Gasteiger partial charge on any atom is 0.135 e. The van der Waals surface area contributed by atoms with E-state index >= 15 is 0 Å². The predicted octanol–water partition coefficient (Wildman–Crippen LogP) is 13.7. The highest BCUT2D eigenvalue weighted by Gasteiger charge is 2.35. The number of rotatable bonds is 5. The summed E-state index contributed by atoms with van der Waals surface area (Å²) in [5, 5.41) is 2.36. The molecule has 0 unspecified atom stereocenters. The van der Waals surface area contributed by atoms with Crippen molar-refractivity contribution in [2.24, 2.45) is 0 Å². The van der Waals surface area contributed by atoms with Crippen LogP contribution in [0.5, 0.6) is 11.5 Å². The molecule has 0 N–H and O–H groups in total. The van der Waals surface area contributed by atoms with Gasteiger partial charge in [-0.25, -0.2) is 0 Å². The van der Waals surface area contributed by atoms with Crippen LogP contribution < -0.4 is 9.64 Å². The summed E-state index contributed by atoms with van der Waals surface area (Å²) in [4.78, 5) is 2.38. The van der Waals surface area contributed by atoms with Gasteiger partial charge in [0, 0.05) is 33.4 Å². The maximum atomic E-state index is 6.39. The molecule has 8 aromatic rings. The van der Waals surface area contributed by atoms with Gasteiger partial charge in [-0.15, -0.1) is 0 Å². The fourth-order valence-electron chi connectivity index (χ4n) is 8.35. The topological polar surface area (TPSA) is 12.5 Å². The van der Waals surface area contributed by atoms with E-state index in [1.165, 1.54) is 60.8 Å². The third-order valence-electron chi connectivity index (χ3n) is 10.9. The number of para-hydroxylation sites is 1. The lowest BCUT2D eigenvalue weighted by atomic mass is 9.82. The lowest BCUT2D eigenvalue weighted by Gasteiger charge is -2.27. The molecule has 0 amide bonds. The molecule has 1 heterocycles. The largest absolute Gasteiger partial charge is 0.456 e. The van der Waals surface area contributed by atoms with E-state index in [0.717, 1.165) is 34.1 Å². The summed E-state index contributed by atoms with van der Waals surface area (Å²) in [5.74, 6) is 1.82. The van der Waals surface area contributed by atoms with Crippen molar-refractivity contribution in [2.45, 2.75) is 19.3 Å². The molecule has 0 saturated heterocycles. The van der Waals surface area contributed by atoms with E-state index in [-0.39, 0.29) is 5.41 Å². The Labute approximate surface area is 298 Å². The normalized spacial score (nSPS) is 13.2. The van der Waals surface area contributed by atoms with E-state index in [1.807, 2.05) is 12.1 Å². The number of ether oxygens (including phenoxy) is 1. The standard InChI is InChI=1S/C49H35NO/c1-49(2)44-17-8-6-13-39(44)43-31-37(27-29-45(43)49)50(35-23-19-33(20-24-35)32-11-4-3-5-12-32)36-25-21-34(22-26-36)38-28-30-47-48-41(38)15-10-16-42(48)40-14-7-9-18-46(40)51-47/h3-31H,1-2H3. The van der Waals surface area contributed by atoms with Gasteiger partial charge in [0.1, 0.15) is 11.5 Å². The summed E-state index contributed by atoms with van der Waals surface area (Å²) in [6.45, 7) is 4.67. The molecule has 0 saturated carbocycles. The van der Waals surface area contributed by atoms with Crippen molar-refractivity contribution >= 4 is 27.8 Å². The van der Waals surface area contributed by atoms with Gasteiger partial charge in [-0.05, 0) is 104 Å². The molecule has 10 rings (SSSR count). The average molecular weight is 654 g/mol. The van der Waals surface area contributed by atoms with Crippen molar-refractivity contribution in [3.8, 4) is 56.0 Å². The van der Waals surface area contributed by atoms with Gasteiger partial charge in [0.05, 0.1) is 0 Å². The van der Waals surface area contributed by atoms with Gasteiger partial charge in [0.15, 0.2) is 0 Å². The number of benzene rings is 8. The van der Waals surface area contributed by atoms with Crippen molar-refractivity contribution in [1.29, 1.82) is 0 Å². The molecule has 2 aliphatic rings. The fourth-order valence-corrected chi connectivity index (χ4v) is 8.35. The monoisotopic (exact) mass is 653 g/mol. The van der Waals surface area contributed by atoms with E-state index in [0.29, 0.717) is 0 Å². The summed E-state index contributed by atoms with van der Waals surface area (Å²) in [7, 11) is 0.